The van der Waals surface area contributed by atoms with E-state index in [2.05, 4.69) is 5.32 Å². The number of ether oxygens (including phenoxy) is 1. The van der Waals surface area contributed by atoms with Gasteiger partial charge in [0.05, 0.1) is 11.0 Å². The minimum atomic E-state index is -2.91. The van der Waals surface area contributed by atoms with Gasteiger partial charge in [0.1, 0.15) is 0 Å². The Labute approximate surface area is 93.3 Å². The molecule has 0 rings (SSSR count). The lowest BCUT2D eigenvalue weighted by Crippen LogP contribution is -2.33. The van der Waals surface area contributed by atoms with Gasteiger partial charge >= 0.3 is 0 Å². The Hall–Kier alpha value is -0.130. The Kier molecular flexibility index (Phi) is 7.13. The molecular formula is C10H23NO3S. The summed E-state index contributed by atoms with van der Waals surface area (Å²) in [5, 5.41) is 2.89. The number of hydrogen-bond donors (Lipinski definition) is 1. The highest BCUT2D eigenvalue weighted by Gasteiger charge is 2.15. The van der Waals surface area contributed by atoms with Crippen LogP contribution >= 0.6 is 0 Å². The topological polar surface area (TPSA) is 55.4 Å². The lowest BCUT2D eigenvalue weighted by atomic mass is 10.2. The van der Waals surface area contributed by atoms with Gasteiger partial charge in [0.25, 0.3) is 0 Å². The van der Waals surface area contributed by atoms with Crippen LogP contribution in [0.25, 0.3) is 0 Å². The molecule has 92 valence electrons. The maximum absolute atomic E-state index is 11.5. The van der Waals surface area contributed by atoms with E-state index < -0.39 is 9.84 Å². The molecule has 15 heavy (non-hydrogen) atoms. The first-order valence-corrected chi connectivity index (χ1v) is 7.05. The maximum Gasteiger partial charge on any atom is 0.153 e. The lowest BCUT2D eigenvalue weighted by molar-refractivity contribution is 0.185. The fourth-order valence-corrected chi connectivity index (χ4v) is 1.95. The first-order valence-electron chi connectivity index (χ1n) is 5.34. The van der Waals surface area contributed by atoms with Crippen LogP contribution in [0.5, 0.6) is 0 Å². The third-order valence-electron chi connectivity index (χ3n) is 2.35. The second-order valence-electron chi connectivity index (χ2n) is 4.05. The average Bonchev–Trinajstić information content (AvgIpc) is 2.14. The Morgan fingerprint density at radius 1 is 1.27 bits per heavy atom. The monoisotopic (exact) mass is 237 g/mol. The fraction of sp³-hybridized carbons (Fsp3) is 1.00. The highest BCUT2D eigenvalue weighted by Crippen LogP contribution is 1.99. The van der Waals surface area contributed by atoms with E-state index in [0.29, 0.717) is 19.2 Å². The molecule has 0 aromatic heterocycles. The van der Waals surface area contributed by atoms with Gasteiger partial charge in [-0.2, -0.15) is 0 Å². The summed E-state index contributed by atoms with van der Waals surface area (Å²) in [6, 6.07) is 0.298. The molecule has 0 fully saturated rings. The highest BCUT2D eigenvalue weighted by atomic mass is 32.2. The van der Waals surface area contributed by atoms with Gasteiger partial charge in [0, 0.05) is 26.3 Å². The summed E-state index contributed by atoms with van der Waals surface area (Å²) in [4.78, 5) is 0. The summed E-state index contributed by atoms with van der Waals surface area (Å²) in [6.07, 6.45) is 0.901. The highest BCUT2D eigenvalue weighted by molar-refractivity contribution is 7.92. The van der Waals surface area contributed by atoms with Crippen molar-refractivity contribution < 1.29 is 13.2 Å². The van der Waals surface area contributed by atoms with Crippen molar-refractivity contribution in [1.29, 1.82) is 0 Å². The van der Waals surface area contributed by atoms with Crippen LogP contribution in [0.15, 0.2) is 0 Å². The minimum absolute atomic E-state index is 0.210. The van der Waals surface area contributed by atoms with Gasteiger partial charge in [-0.3, -0.25) is 0 Å². The standard InChI is InChI=1S/C10H23NO3S/c1-9(2)15(12,13)8-6-11-10(3)5-7-14-4/h9-11H,5-8H2,1-4H3. The van der Waals surface area contributed by atoms with E-state index in [4.69, 9.17) is 4.74 Å². The summed E-state index contributed by atoms with van der Waals surface area (Å²) in [6.45, 7) is 6.67. The predicted octanol–water partition coefficient (Wildman–Crippen LogP) is 0.824. The SMILES string of the molecule is COCCC(C)NCCS(=O)(=O)C(C)C. The van der Waals surface area contributed by atoms with Crippen molar-refractivity contribution >= 4 is 9.84 Å². The zero-order valence-corrected chi connectivity index (χ0v) is 10.9. The van der Waals surface area contributed by atoms with Gasteiger partial charge < -0.3 is 10.1 Å². The van der Waals surface area contributed by atoms with E-state index >= 15 is 0 Å². The van der Waals surface area contributed by atoms with Crippen LogP contribution < -0.4 is 5.32 Å². The summed E-state index contributed by atoms with van der Waals surface area (Å²) in [5.74, 6) is 0.210. The second kappa shape index (κ2) is 7.19. The molecular weight excluding hydrogens is 214 g/mol. The molecule has 0 saturated carbocycles. The molecule has 0 aromatic rings. The Morgan fingerprint density at radius 3 is 2.33 bits per heavy atom. The van der Waals surface area contributed by atoms with Crippen LogP contribution in [0.3, 0.4) is 0 Å². The normalized spacial score (nSPS) is 14.5. The van der Waals surface area contributed by atoms with Crippen LogP contribution in [0, 0.1) is 0 Å². The number of rotatable bonds is 8. The predicted molar refractivity (Wildman–Crippen MR) is 62.9 cm³/mol. The molecule has 0 spiro atoms. The molecule has 1 atom stereocenters. The molecule has 5 heteroatoms. The molecule has 0 aromatic carbocycles. The van der Waals surface area contributed by atoms with E-state index in [1.54, 1.807) is 21.0 Å². The van der Waals surface area contributed by atoms with Crippen molar-refractivity contribution in [3.63, 3.8) is 0 Å². The second-order valence-corrected chi connectivity index (χ2v) is 6.73. The summed E-state index contributed by atoms with van der Waals surface area (Å²) >= 11 is 0. The first-order chi connectivity index (χ1) is 6.90. The Balaban J connectivity index is 3.70. The largest absolute Gasteiger partial charge is 0.385 e. The average molecular weight is 237 g/mol. The van der Waals surface area contributed by atoms with Crippen LogP contribution in [0.2, 0.25) is 0 Å². The third-order valence-corrected chi connectivity index (χ3v) is 4.56. The molecule has 0 heterocycles. The molecule has 1 unspecified atom stereocenters. The molecule has 4 nitrogen and oxygen atoms in total. The van der Waals surface area contributed by atoms with Gasteiger partial charge in [-0.1, -0.05) is 0 Å². The van der Waals surface area contributed by atoms with Crippen molar-refractivity contribution in [1.82, 2.24) is 5.32 Å². The summed E-state index contributed by atoms with van der Waals surface area (Å²) in [7, 11) is -1.25. The van der Waals surface area contributed by atoms with E-state index in [0.717, 1.165) is 6.42 Å². The van der Waals surface area contributed by atoms with Crippen molar-refractivity contribution in [2.75, 3.05) is 26.0 Å². The van der Waals surface area contributed by atoms with Crippen molar-refractivity contribution in [3.8, 4) is 0 Å². The van der Waals surface area contributed by atoms with E-state index in [1.807, 2.05) is 6.92 Å². The van der Waals surface area contributed by atoms with E-state index in [1.165, 1.54) is 0 Å². The smallest absolute Gasteiger partial charge is 0.153 e. The number of nitrogens with one attached hydrogen (secondary N) is 1. The molecule has 0 aliphatic carbocycles. The molecule has 0 amide bonds. The first kappa shape index (κ1) is 14.9. The van der Waals surface area contributed by atoms with Gasteiger partial charge in [-0.25, -0.2) is 8.42 Å². The maximum atomic E-state index is 11.5. The van der Waals surface area contributed by atoms with Gasteiger partial charge in [0.15, 0.2) is 9.84 Å². The van der Waals surface area contributed by atoms with Crippen LogP contribution in [-0.4, -0.2) is 45.7 Å². The van der Waals surface area contributed by atoms with Crippen LogP contribution in [0.1, 0.15) is 27.2 Å². The quantitative estimate of drug-likeness (QED) is 0.679. The lowest BCUT2D eigenvalue weighted by Gasteiger charge is -2.14. The van der Waals surface area contributed by atoms with E-state index in [-0.39, 0.29) is 11.0 Å². The van der Waals surface area contributed by atoms with E-state index in [9.17, 15) is 8.42 Å². The van der Waals surface area contributed by atoms with Crippen LogP contribution in [0.4, 0.5) is 0 Å². The van der Waals surface area contributed by atoms with Crippen molar-refractivity contribution in [2.24, 2.45) is 0 Å². The summed E-state index contributed by atoms with van der Waals surface area (Å²) < 4.78 is 27.9. The van der Waals surface area contributed by atoms with Crippen LogP contribution in [-0.2, 0) is 14.6 Å². The number of hydrogen-bond acceptors (Lipinski definition) is 4. The Bertz CT molecular complexity index is 249. The molecule has 0 radical (unpaired) electrons. The van der Waals surface area contributed by atoms with Gasteiger partial charge in [-0.15, -0.1) is 0 Å². The minimum Gasteiger partial charge on any atom is -0.385 e. The molecule has 0 saturated heterocycles. The zero-order chi connectivity index (χ0) is 11.9. The van der Waals surface area contributed by atoms with Crippen molar-refractivity contribution in [2.45, 2.75) is 38.5 Å². The molecule has 0 bridgehead atoms. The molecule has 0 aliphatic heterocycles. The number of sulfone groups is 1. The Morgan fingerprint density at radius 2 is 1.87 bits per heavy atom. The number of methoxy groups -OCH3 is 1. The van der Waals surface area contributed by atoms with Gasteiger partial charge in [0.2, 0.25) is 0 Å². The van der Waals surface area contributed by atoms with Crippen molar-refractivity contribution in [3.05, 3.63) is 0 Å². The third kappa shape index (κ3) is 6.87. The van der Waals surface area contributed by atoms with Gasteiger partial charge in [-0.05, 0) is 27.2 Å². The molecule has 0 aliphatic rings. The zero-order valence-electron chi connectivity index (χ0n) is 10.1. The summed E-state index contributed by atoms with van der Waals surface area (Å²) in [5.41, 5.74) is 0. The fourth-order valence-electron chi connectivity index (χ4n) is 1.08. The molecule has 1 N–H and O–H groups in total.